The molecule has 0 unspecified atom stereocenters. The van der Waals surface area contributed by atoms with Gasteiger partial charge in [0.25, 0.3) is 0 Å². The van der Waals surface area contributed by atoms with E-state index in [1.54, 1.807) is 0 Å². The molecule has 0 spiro atoms. The van der Waals surface area contributed by atoms with Crippen LogP contribution in [0.3, 0.4) is 0 Å². The van der Waals surface area contributed by atoms with Crippen LogP contribution in [0.5, 0.6) is 0 Å². The van der Waals surface area contributed by atoms with Crippen LogP contribution < -0.4 is 10.6 Å². The molecule has 0 atom stereocenters. The zero-order chi connectivity index (χ0) is 15.2. The number of alkyl halides is 3. The summed E-state index contributed by atoms with van der Waals surface area (Å²) in [5.74, 6) is 1.43. The van der Waals surface area contributed by atoms with Crippen molar-refractivity contribution < 1.29 is 13.2 Å². The fourth-order valence-electron chi connectivity index (χ4n) is 1.73. The molecule has 1 aromatic heterocycles. The topological polar surface area (TPSA) is 49.8 Å². The van der Waals surface area contributed by atoms with Crippen molar-refractivity contribution in [2.45, 2.75) is 32.2 Å². The van der Waals surface area contributed by atoms with E-state index < -0.39 is 5.51 Å². The van der Waals surface area contributed by atoms with Crippen molar-refractivity contribution in [1.29, 1.82) is 0 Å². The maximum Gasteiger partial charge on any atom is 0.441 e. The van der Waals surface area contributed by atoms with Crippen LogP contribution in [0.4, 0.5) is 24.8 Å². The normalized spacial score (nSPS) is 11.8. The van der Waals surface area contributed by atoms with Gasteiger partial charge in [-0.05, 0) is 24.6 Å². The molecule has 0 bridgehead atoms. The number of hydrogen-bond donors (Lipinski definition) is 2. The van der Waals surface area contributed by atoms with Crippen LogP contribution in [0.15, 0.2) is 6.33 Å². The van der Waals surface area contributed by atoms with Crippen LogP contribution in [0.25, 0.3) is 0 Å². The van der Waals surface area contributed by atoms with Gasteiger partial charge in [-0.2, -0.15) is 13.2 Å². The lowest BCUT2D eigenvalue weighted by Crippen LogP contribution is -2.14. The summed E-state index contributed by atoms with van der Waals surface area (Å²) >= 11 is -0.0400. The number of hydrogen-bond acceptors (Lipinski definition) is 5. The molecule has 2 N–H and O–H groups in total. The summed E-state index contributed by atoms with van der Waals surface area (Å²) in [4.78, 5) is 8.29. The van der Waals surface area contributed by atoms with Crippen molar-refractivity contribution in [1.82, 2.24) is 9.97 Å². The molecule has 0 amide bonds. The molecule has 4 nitrogen and oxygen atoms in total. The van der Waals surface area contributed by atoms with Crippen molar-refractivity contribution in [3.8, 4) is 0 Å². The molecule has 0 saturated heterocycles. The standard InChI is InChI=1S/C12H19F3N4S/c1-4-16-10-9(8(2)3)11(19-7-18-10)17-5-6-20-12(13,14)15/h7-8H,4-6H2,1-3H3,(H2,16,17,18,19). The first-order chi connectivity index (χ1) is 9.35. The van der Waals surface area contributed by atoms with Crippen molar-refractivity contribution in [3.63, 3.8) is 0 Å². The molecular formula is C12H19F3N4S. The Bertz CT molecular complexity index is 424. The molecule has 20 heavy (non-hydrogen) atoms. The number of rotatable bonds is 7. The van der Waals surface area contributed by atoms with Crippen LogP contribution >= 0.6 is 11.8 Å². The molecule has 8 heteroatoms. The summed E-state index contributed by atoms with van der Waals surface area (Å²) in [6.07, 6.45) is 1.41. The zero-order valence-corrected chi connectivity index (χ0v) is 12.5. The third kappa shape index (κ3) is 5.44. The lowest BCUT2D eigenvalue weighted by molar-refractivity contribution is -0.0327. The van der Waals surface area contributed by atoms with E-state index in [4.69, 9.17) is 0 Å². The fraction of sp³-hybridized carbons (Fsp3) is 0.667. The van der Waals surface area contributed by atoms with Crippen molar-refractivity contribution in [2.24, 2.45) is 0 Å². The second-order valence-electron chi connectivity index (χ2n) is 4.39. The minimum Gasteiger partial charge on any atom is -0.370 e. The quantitative estimate of drug-likeness (QED) is 0.752. The predicted molar refractivity (Wildman–Crippen MR) is 77.3 cm³/mol. The molecule has 0 aliphatic heterocycles. The Kier molecular flexibility index (Phi) is 6.38. The van der Waals surface area contributed by atoms with Crippen molar-refractivity contribution >= 4 is 23.4 Å². The van der Waals surface area contributed by atoms with Crippen LogP contribution in [0, 0.1) is 0 Å². The van der Waals surface area contributed by atoms with Gasteiger partial charge in [0.15, 0.2) is 0 Å². The summed E-state index contributed by atoms with van der Waals surface area (Å²) in [6.45, 7) is 6.87. The van der Waals surface area contributed by atoms with E-state index in [0.29, 0.717) is 5.82 Å². The van der Waals surface area contributed by atoms with E-state index in [9.17, 15) is 13.2 Å². The number of nitrogens with one attached hydrogen (secondary N) is 2. The second-order valence-corrected chi connectivity index (χ2v) is 5.55. The van der Waals surface area contributed by atoms with Gasteiger partial charge in [-0.25, -0.2) is 9.97 Å². The average molecular weight is 308 g/mol. The molecule has 1 rings (SSSR count). The highest BCUT2D eigenvalue weighted by Crippen LogP contribution is 2.31. The number of anilines is 2. The highest BCUT2D eigenvalue weighted by atomic mass is 32.2. The molecule has 114 valence electrons. The van der Waals surface area contributed by atoms with Gasteiger partial charge >= 0.3 is 5.51 Å². The minimum absolute atomic E-state index is 0.0400. The predicted octanol–water partition coefficient (Wildman–Crippen LogP) is 3.70. The molecule has 0 fully saturated rings. The van der Waals surface area contributed by atoms with Crippen LogP contribution in [-0.4, -0.2) is 34.3 Å². The Hall–Kier alpha value is -1.18. The van der Waals surface area contributed by atoms with Gasteiger partial charge in [0.1, 0.15) is 18.0 Å². The van der Waals surface area contributed by atoms with E-state index in [2.05, 4.69) is 20.6 Å². The highest BCUT2D eigenvalue weighted by molar-refractivity contribution is 8.00. The molecule has 0 aromatic carbocycles. The van der Waals surface area contributed by atoms with Gasteiger partial charge in [-0.15, -0.1) is 0 Å². The molecule has 1 heterocycles. The van der Waals surface area contributed by atoms with Gasteiger partial charge in [-0.1, -0.05) is 13.8 Å². The van der Waals surface area contributed by atoms with Gasteiger partial charge in [0.2, 0.25) is 0 Å². The molecular weight excluding hydrogens is 289 g/mol. The molecule has 0 aliphatic rings. The van der Waals surface area contributed by atoms with Gasteiger partial charge in [0, 0.05) is 24.4 Å². The third-order valence-corrected chi connectivity index (χ3v) is 3.20. The highest BCUT2D eigenvalue weighted by Gasteiger charge is 2.27. The summed E-state index contributed by atoms with van der Waals surface area (Å²) in [6, 6.07) is 0. The summed E-state index contributed by atoms with van der Waals surface area (Å²) < 4.78 is 36.2. The SMILES string of the molecule is CCNc1ncnc(NCCSC(F)(F)F)c1C(C)C. The second kappa shape index (κ2) is 7.56. The Morgan fingerprint density at radius 2 is 1.80 bits per heavy atom. The lowest BCUT2D eigenvalue weighted by Gasteiger charge is -2.17. The fourth-order valence-corrected chi connectivity index (χ4v) is 2.16. The van der Waals surface area contributed by atoms with Crippen LogP contribution in [0.1, 0.15) is 32.3 Å². The van der Waals surface area contributed by atoms with E-state index in [-0.39, 0.29) is 30.0 Å². The Morgan fingerprint density at radius 1 is 1.20 bits per heavy atom. The number of halogens is 3. The smallest absolute Gasteiger partial charge is 0.370 e. The van der Waals surface area contributed by atoms with E-state index in [0.717, 1.165) is 17.9 Å². The van der Waals surface area contributed by atoms with E-state index in [1.807, 2.05) is 20.8 Å². The lowest BCUT2D eigenvalue weighted by atomic mass is 10.0. The summed E-state index contributed by atoms with van der Waals surface area (Å²) in [7, 11) is 0. The largest absolute Gasteiger partial charge is 0.441 e. The number of nitrogens with zero attached hydrogens (tertiary/aromatic N) is 2. The molecule has 0 saturated carbocycles. The molecule has 0 aliphatic carbocycles. The maximum atomic E-state index is 12.1. The first kappa shape index (κ1) is 16.9. The van der Waals surface area contributed by atoms with Gasteiger partial charge in [0.05, 0.1) is 0 Å². The summed E-state index contributed by atoms with van der Waals surface area (Å²) in [5.41, 5.74) is -3.30. The minimum atomic E-state index is -4.19. The van der Waals surface area contributed by atoms with Crippen molar-refractivity contribution in [2.75, 3.05) is 29.5 Å². The summed E-state index contributed by atoms with van der Waals surface area (Å²) in [5, 5.41) is 6.09. The Balaban J connectivity index is 2.71. The van der Waals surface area contributed by atoms with Crippen molar-refractivity contribution in [3.05, 3.63) is 11.9 Å². The van der Waals surface area contributed by atoms with E-state index >= 15 is 0 Å². The molecule has 0 radical (unpaired) electrons. The number of thioether (sulfide) groups is 1. The van der Waals surface area contributed by atoms with E-state index in [1.165, 1.54) is 6.33 Å². The van der Waals surface area contributed by atoms with Gasteiger partial charge in [-0.3, -0.25) is 0 Å². The van der Waals surface area contributed by atoms with Gasteiger partial charge < -0.3 is 10.6 Å². The zero-order valence-electron chi connectivity index (χ0n) is 11.7. The molecule has 1 aromatic rings. The Morgan fingerprint density at radius 3 is 2.30 bits per heavy atom. The first-order valence-corrected chi connectivity index (χ1v) is 7.37. The average Bonchev–Trinajstić information content (AvgIpc) is 2.33. The Labute approximate surface area is 121 Å². The van der Waals surface area contributed by atoms with Crippen LogP contribution in [0.2, 0.25) is 0 Å². The van der Waals surface area contributed by atoms with Crippen LogP contribution in [-0.2, 0) is 0 Å². The monoisotopic (exact) mass is 308 g/mol. The maximum absolute atomic E-state index is 12.1. The number of aromatic nitrogens is 2. The first-order valence-electron chi connectivity index (χ1n) is 6.38. The third-order valence-electron chi connectivity index (χ3n) is 2.47.